The molecule has 0 amide bonds. The predicted octanol–water partition coefficient (Wildman–Crippen LogP) is 3.94. The highest BCUT2D eigenvalue weighted by Gasteiger charge is 2.19. The van der Waals surface area contributed by atoms with Gasteiger partial charge in [0.05, 0.1) is 26.0 Å². The number of hydrogen-bond acceptors (Lipinski definition) is 7. The zero-order valence-corrected chi connectivity index (χ0v) is 14.6. The summed E-state index contributed by atoms with van der Waals surface area (Å²) >= 11 is 5.76. The van der Waals surface area contributed by atoms with Crippen LogP contribution in [0.1, 0.15) is 18.9 Å². The molecule has 130 valence electrons. The lowest BCUT2D eigenvalue weighted by molar-refractivity contribution is 0.175. The fourth-order valence-corrected chi connectivity index (χ4v) is 2.30. The molecule has 2 aromatic heterocycles. The molecule has 2 heterocycles. The van der Waals surface area contributed by atoms with Crippen molar-refractivity contribution in [2.75, 3.05) is 14.2 Å². The average molecular weight is 362 g/mol. The summed E-state index contributed by atoms with van der Waals surface area (Å²) in [6.07, 6.45) is 1.07. The van der Waals surface area contributed by atoms with Crippen LogP contribution >= 0.6 is 11.6 Å². The summed E-state index contributed by atoms with van der Waals surface area (Å²) in [4.78, 5) is 8.36. The molecule has 0 N–H and O–H groups in total. The minimum absolute atomic E-state index is 0.329. The van der Waals surface area contributed by atoms with Crippen molar-refractivity contribution in [3.05, 3.63) is 47.6 Å². The van der Waals surface area contributed by atoms with Crippen molar-refractivity contribution in [2.24, 2.45) is 0 Å². The molecule has 0 radical (unpaired) electrons. The van der Waals surface area contributed by atoms with Crippen molar-refractivity contribution >= 4 is 11.6 Å². The fraction of sp³-hybridized carbons (Fsp3) is 0.235. The maximum absolute atomic E-state index is 5.76. The molecule has 0 saturated heterocycles. The highest BCUT2D eigenvalue weighted by molar-refractivity contribution is 6.29. The maximum Gasteiger partial charge on any atom is 0.267 e. The van der Waals surface area contributed by atoms with Gasteiger partial charge >= 0.3 is 0 Å². The van der Waals surface area contributed by atoms with E-state index in [9.17, 15) is 0 Å². The molecule has 1 atom stereocenters. The van der Waals surface area contributed by atoms with Gasteiger partial charge in [0.25, 0.3) is 5.89 Å². The van der Waals surface area contributed by atoms with Crippen molar-refractivity contribution in [3.8, 4) is 28.6 Å². The topological polar surface area (TPSA) is 79.5 Å². The van der Waals surface area contributed by atoms with E-state index in [2.05, 4.69) is 15.1 Å². The number of rotatable bonds is 6. The molecule has 8 heteroatoms. The summed E-state index contributed by atoms with van der Waals surface area (Å²) in [5.41, 5.74) is 0.664. The molecule has 0 spiro atoms. The quantitative estimate of drug-likeness (QED) is 0.615. The van der Waals surface area contributed by atoms with E-state index in [0.29, 0.717) is 39.7 Å². The van der Waals surface area contributed by atoms with Crippen molar-refractivity contribution in [2.45, 2.75) is 13.0 Å². The van der Waals surface area contributed by atoms with Crippen molar-refractivity contribution in [1.82, 2.24) is 15.1 Å². The van der Waals surface area contributed by atoms with E-state index in [-0.39, 0.29) is 0 Å². The number of halogens is 1. The number of hydrogen-bond donors (Lipinski definition) is 0. The van der Waals surface area contributed by atoms with Gasteiger partial charge in [-0.2, -0.15) is 4.98 Å². The van der Waals surface area contributed by atoms with Gasteiger partial charge in [0.15, 0.2) is 6.10 Å². The molecule has 0 unspecified atom stereocenters. The number of pyridine rings is 1. The number of nitrogens with zero attached hydrogens (tertiary/aromatic N) is 3. The molecule has 0 saturated carbocycles. The minimum Gasteiger partial charge on any atom is -0.497 e. The second-order valence-corrected chi connectivity index (χ2v) is 5.49. The molecule has 7 nitrogen and oxygen atoms in total. The standard InChI is InChI=1S/C17H16ClN3O4/c1-10(24-12-5-7-15(18)19-9-12)17-20-16(21-25-17)13-8-11(22-2)4-6-14(13)23-3/h4-10H,1-3H3/t10-/m0/s1. The third-order valence-electron chi connectivity index (χ3n) is 3.45. The van der Waals surface area contributed by atoms with Gasteiger partial charge in [0.2, 0.25) is 5.82 Å². The Kier molecular flexibility index (Phi) is 5.04. The summed E-state index contributed by atoms with van der Waals surface area (Å²) in [5, 5.41) is 4.40. The summed E-state index contributed by atoms with van der Waals surface area (Å²) in [5.74, 6) is 2.54. The molecule has 0 aliphatic carbocycles. The average Bonchev–Trinajstić information content (AvgIpc) is 3.13. The van der Waals surface area contributed by atoms with Gasteiger partial charge in [0, 0.05) is 0 Å². The third kappa shape index (κ3) is 3.83. The first kappa shape index (κ1) is 17.0. The Labute approximate surface area is 149 Å². The predicted molar refractivity (Wildman–Crippen MR) is 91.1 cm³/mol. The van der Waals surface area contributed by atoms with Crippen LogP contribution in [0.5, 0.6) is 17.2 Å². The van der Waals surface area contributed by atoms with Gasteiger partial charge in [0.1, 0.15) is 22.4 Å². The van der Waals surface area contributed by atoms with Gasteiger partial charge in [-0.05, 0) is 37.3 Å². The maximum atomic E-state index is 5.76. The molecule has 0 fully saturated rings. The lowest BCUT2D eigenvalue weighted by atomic mass is 10.2. The van der Waals surface area contributed by atoms with Crippen molar-refractivity contribution < 1.29 is 18.7 Å². The van der Waals surface area contributed by atoms with Gasteiger partial charge in [-0.1, -0.05) is 16.8 Å². The van der Waals surface area contributed by atoms with Gasteiger partial charge in [-0.25, -0.2) is 4.98 Å². The van der Waals surface area contributed by atoms with E-state index < -0.39 is 6.10 Å². The van der Waals surface area contributed by atoms with E-state index in [1.165, 1.54) is 6.20 Å². The van der Waals surface area contributed by atoms with E-state index in [0.717, 1.165) is 0 Å². The van der Waals surface area contributed by atoms with E-state index >= 15 is 0 Å². The molecule has 0 aliphatic rings. The summed E-state index contributed by atoms with van der Waals surface area (Å²) in [6.45, 7) is 1.80. The molecule has 25 heavy (non-hydrogen) atoms. The van der Waals surface area contributed by atoms with E-state index in [1.807, 2.05) is 0 Å². The summed E-state index contributed by atoms with van der Waals surface area (Å²) in [6, 6.07) is 8.71. The normalized spacial score (nSPS) is 11.8. The van der Waals surface area contributed by atoms with Gasteiger partial charge in [-0.15, -0.1) is 0 Å². The lowest BCUT2D eigenvalue weighted by Gasteiger charge is -2.10. The molecular weight excluding hydrogens is 346 g/mol. The van der Waals surface area contributed by atoms with E-state index in [1.54, 1.807) is 51.5 Å². The van der Waals surface area contributed by atoms with Crippen molar-refractivity contribution in [1.29, 1.82) is 0 Å². The van der Waals surface area contributed by atoms with Gasteiger partial charge < -0.3 is 18.7 Å². The van der Waals surface area contributed by atoms with Crippen LogP contribution in [0.2, 0.25) is 5.15 Å². The highest BCUT2D eigenvalue weighted by Crippen LogP contribution is 2.32. The zero-order chi connectivity index (χ0) is 17.8. The van der Waals surface area contributed by atoms with Crippen LogP contribution in [0, 0.1) is 0 Å². The van der Waals surface area contributed by atoms with Crippen LogP contribution in [-0.4, -0.2) is 29.3 Å². The first-order chi connectivity index (χ1) is 12.1. The number of benzene rings is 1. The molecule has 0 aliphatic heterocycles. The second-order valence-electron chi connectivity index (χ2n) is 5.10. The fourth-order valence-electron chi connectivity index (χ4n) is 2.19. The highest BCUT2D eigenvalue weighted by atomic mass is 35.5. The van der Waals surface area contributed by atoms with Crippen LogP contribution in [-0.2, 0) is 0 Å². The molecule has 0 bridgehead atoms. The summed E-state index contributed by atoms with van der Waals surface area (Å²) < 4.78 is 21.6. The van der Waals surface area contributed by atoms with Gasteiger partial charge in [-0.3, -0.25) is 0 Å². The second kappa shape index (κ2) is 7.40. The third-order valence-corrected chi connectivity index (χ3v) is 3.67. The molecule has 3 rings (SSSR count). The summed E-state index contributed by atoms with van der Waals surface area (Å²) in [7, 11) is 3.16. The molecular formula is C17H16ClN3O4. The van der Waals surface area contributed by atoms with E-state index in [4.69, 9.17) is 30.3 Å². The molecule has 1 aromatic carbocycles. The number of ether oxygens (including phenoxy) is 3. The van der Waals surface area contributed by atoms with Crippen LogP contribution in [0.25, 0.3) is 11.4 Å². The van der Waals surface area contributed by atoms with Crippen LogP contribution in [0.4, 0.5) is 0 Å². The monoisotopic (exact) mass is 361 g/mol. The lowest BCUT2D eigenvalue weighted by Crippen LogP contribution is -2.03. The Morgan fingerprint density at radius 2 is 1.88 bits per heavy atom. The number of aromatic nitrogens is 3. The smallest absolute Gasteiger partial charge is 0.267 e. The number of methoxy groups -OCH3 is 2. The Balaban J connectivity index is 1.83. The Hall–Kier alpha value is -2.80. The zero-order valence-electron chi connectivity index (χ0n) is 13.9. The SMILES string of the molecule is COc1ccc(OC)c(-c2noc([C@H](C)Oc3ccc(Cl)nc3)n2)c1. The first-order valence-corrected chi connectivity index (χ1v) is 7.82. The largest absolute Gasteiger partial charge is 0.497 e. The minimum atomic E-state index is -0.458. The first-order valence-electron chi connectivity index (χ1n) is 7.45. The Bertz CT molecular complexity index is 851. The van der Waals surface area contributed by atoms with Crippen molar-refractivity contribution in [3.63, 3.8) is 0 Å². The molecule has 3 aromatic rings. The van der Waals surface area contributed by atoms with Crippen LogP contribution in [0.15, 0.2) is 41.1 Å². The van der Waals surface area contributed by atoms with Crippen LogP contribution in [0.3, 0.4) is 0 Å². The Morgan fingerprint density at radius 1 is 1.08 bits per heavy atom. The Morgan fingerprint density at radius 3 is 2.56 bits per heavy atom. The van der Waals surface area contributed by atoms with Crippen LogP contribution < -0.4 is 14.2 Å².